The van der Waals surface area contributed by atoms with Crippen LogP contribution < -0.4 is 9.47 Å². The Morgan fingerprint density at radius 1 is 1.27 bits per heavy atom. The predicted octanol–water partition coefficient (Wildman–Crippen LogP) is 2.51. The van der Waals surface area contributed by atoms with Gasteiger partial charge >= 0.3 is 0 Å². The first-order valence-electron chi connectivity index (χ1n) is 6.63. The van der Waals surface area contributed by atoms with Crippen LogP contribution in [0.25, 0.3) is 0 Å². The average Bonchev–Trinajstić information content (AvgIpc) is 2.54. The molecule has 0 unspecified atom stereocenters. The lowest BCUT2D eigenvalue weighted by molar-refractivity contribution is 0.0780. The molecule has 0 saturated carbocycles. The third-order valence-electron chi connectivity index (χ3n) is 3.18. The molecule has 0 aliphatic heterocycles. The Balaban J connectivity index is 2.16. The molecule has 0 aliphatic carbocycles. The summed E-state index contributed by atoms with van der Waals surface area (Å²) in [7, 11) is 4.50. The van der Waals surface area contributed by atoms with E-state index in [4.69, 9.17) is 9.47 Å². The number of hydrogen-bond acceptors (Lipinski definition) is 4. The van der Waals surface area contributed by atoms with E-state index in [9.17, 15) is 9.18 Å². The van der Waals surface area contributed by atoms with Crippen LogP contribution in [0.1, 0.15) is 15.9 Å². The fourth-order valence-electron chi connectivity index (χ4n) is 2.08. The monoisotopic (exact) mass is 304 g/mol. The summed E-state index contributed by atoms with van der Waals surface area (Å²) in [6.45, 7) is 0.262. The van der Waals surface area contributed by atoms with Gasteiger partial charge in [-0.15, -0.1) is 0 Å². The molecular formula is C16H17FN2O3. The van der Waals surface area contributed by atoms with Crippen LogP contribution in [0.5, 0.6) is 11.6 Å². The molecule has 0 aliphatic rings. The van der Waals surface area contributed by atoms with Gasteiger partial charge in [0.1, 0.15) is 5.56 Å². The van der Waals surface area contributed by atoms with Gasteiger partial charge in [-0.2, -0.15) is 0 Å². The summed E-state index contributed by atoms with van der Waals surface area (Å²) in [5.74, 6) is -0.270. The molecular weight excluding hydrogens is 287 g/mol. The molecule has 22 heavy (non-hydrogen) atoms. The number of carbonyl (C=O) groups is 1. The van der Waals surface area contributed by atoms with Crippen LogP contribution in [0.2, 0.25) is 0 Å². The van der Waals surface area contributed by atoms with Gasteiger partial charge in [0, 0.05) is 19.8 Å². The number of amides is 1. The van der Waals surface area contributed by atoms with Gasteiger partial charge in [-0.05, 0) is 29.8 Å². The van der Waals surface area contributed by atoms with Crippen molar-refractivity contribution in [2.24, 2.45) is 0 Å². The van der Waals surface area contributed by atoms with Gasteiger partial charge in [0.15, 0.2) is 11.6 Å². The Hall–Kier alpha value is -2.63. The SMILES string of the molecule is COc1ccc(CN(C)C(=O)c2cccnc2OC)cc1F. The van der Waals surface area contributed by atoms with E-state index in [1.807, 2.05) is 0 Å². The highest BCUT2D eigenvalue weighted by molar-refractivity contribution is 5.96. The number of carbonyl (C=O) groups excluding carboxylic acids is 1. The summed E-state index contributed by atoms with van der Waals surface area (Å²) >= 11 is 0. The van der Waals surface area contributed by atoms with Crippen molar-refractivity contribution in [3.8, 4) is 11.6 Å². The van der Waals surface area contributed by atoms with Crippen LogP contribution in [-0.4, -0.2) is 37.1 Å². The Labute approximate surface area is 128 Å². The smallest absolute Gasteiger partial charge is 0.259 e. The maximum atomic E-state index is 13.7. The molecule has 0 spiro atoms. The molecule has 0 saturated heterocycles. The van der Waals surface area contributed by atoms with Crippen LogP contribution in [0.4, 0.5) is 4.39 Å². The van der Waals surface area contributed by atoms with Crippen LogP contribution in [0.3, 0.4) is 0 Å². The Kier molecular flexibility index (Phi) is 4.93. The van der Waals surface area contributed by atoms with Gasteiger partial charge in [0.05, 0.1) is 14.2 Å². The third kappa shape index (κ3) is 3.33. The van der Waals surface area contributed by atoms with Crippen molar-refractivity contribution in [1.29, 1.82) is 0 Å². The standard InChI is InChI=1S/C16H17FN2O3/c1-19(10-11-6-7-14(21-2)13(17)9-11)16(20)12-5-4-8-18-15(12)22-3/h4-9H,10H2,1-3H3. The minimum atomic E-state index is -0.459. The highest BCUT2D eigenvalue weighted by Crippen LogP contribution is 2.20. The number of methoxy groups -OCH3 is 2. The summed E-state index contributed by atoms with van der Waals surface area (Å²) in [5, 5.41) is 0. The van der Waals surface area contributed by atoms with Crippen molar-refractivity contribution < 1.29 is 18.7 Å². The zero-order valence-corrected chi connectivity index (χ0v) is 12.7. The van der Waals surface area contributed by atoms with Crippen LogP contribution in [0, 0.1) is 5.82 Å². The van der Waals surface area contributed by atoms with Crippen molar-refractivity contribution >= 4 is 5.91 Å². The predicted molar refractivity (Wildman–Crippen MR) is 79.5 cm³/mol. The lowest BCUT2D eigenvalue weighted by Crippen LogP contribution is -2.26. The molecule has 0 N–H and O–H groups in total. The van der Waals surface area contributed by atoms with E-state index in [1.165, 1.54) is 31.3 Å². The lowest BCUT2D eigenvalue weighted by Gasteiger charge is -2.18. The van der Waals surface area contributed by atoms with Crippen molar-refractivity contribution in [1.82, 2.24) is 9.88 Å². The number of halogens is 1. The second kappa shape index (κ2) is 6.89. The molecule has 1 aromatic carbocycles. The summed E-state index contributed by atoms with van der Waals surface area (Å²) < 4.78 is 23.6. The lowest BCUT2D eigenvalue weighted by atomic mass is 10.1. The topological polar surface area (TPSA) is 51.7 Å². The van der Waals surface area contributed by atoms with Gasteiger partial charge in [0.25, 0.3) is 5.91 Å². The van der Waals surface area contributed by atoms with E-state index in [2.05, 4.69) is 4.98 Å². The number of hydrogen-bond donors (Lipinski definition) is 0. The van der Waals surface area contributed by atoms with Crippen molar-refractivity contribution in [2.75, 3.05) is 21.3 Å². The summed E-state index contributed by atoms with van der Waals surface area (Å²) in [6, 6.07) is 7.90. The maximum absolute atomic E-state index is 13.7. The minimum Gasteiger partial charge on any atom is -0.494 e. The fraction of sp³-hybridized carbons (Fsp3) is 0.250. The molecule has 1 heterocycles. The highest BCUT2D eigenvalue weighted by Gasteiger charge is 2.17. The zero-order valence-electron chi connectivity index (χ0n) is 12.7. The maximum Gasteiger partial charge on any atom is 0.259 e. The first kappa shape index (κ1) is 15.8. The largest absolute Gasteiger partial charge is 0.494 e. The summed E-state index contributed by atoms with van der Waals surface area (Å²) in [5.41, 5.74) is 1.03. The number of nitrogens with zero attached hydrogens (tertiary/aromatic N) is 2. The molecule has 0 fully saturated rings. The van der Waals surface area contributed by atoms with Gasteiger partial charge < -0.3 is 14.4 Å². The van der Waals surface area contributed by atoms with Gasteiger partial charge in [-0.3, -0.25) is 4.79 Å². The number of aromatic nitrogens is 1. The molecule has 0 radical (unpaired) electrons. The van der Waals surface area contributed by atoms with E-state index >= 15 is 0 Å². The first-order valence-corrected chi connectivity index (χ1v) is 6.63. The van der Waals surface area contributed by atoms with E-state index in [1.54, 1.807) is 31.4 Å². The quantitative estimate of drug-likeness (QED) is 0.851. The van der Waals surface area contributed by atoms with E-state index in [-0.39, 0.29) is 24.1 Å². The number of ether oxygens (including phenoxy) is 2. The second-order valence-electron chi connectivity index (χ2n) is 4.69. The van der Waals surface area contributed by atoms with Crippen molar-refractivity contribution in [2.45, 2.75) is 6.54 Å². The molecule has 1 amide bonds. The molecule has 2 rings (SSSR count). The van der Waals surface area contributed by atoms with Crippen LogP contribution in [0.15, 0.2) is 36.5 Å². The third-order valence-corrected chi connectivity index (χ3v) is 3.18. The molecule has 1 aromatic heterocycles. The minimum absolute atomic E-state index is 0.173. The summed E-state index contributed by atoms with van der Waals surface area (Å²) in [4.78, 5) is 17.9. The van der Waals surface area contributed by atoms with Gasteiger partial charge in [-0.25, -0.2) is 9.37 Å². The molecule has 116 valence electrons. The Morgan fingerprint density at radius 2 is 2.05 bits per heavy atom. The zero-order chi connectivity index (χ0) is 16.1. The van der Waals surface area contributed by atoms with E-state index in [0.717, 1.165) is 0 Å². The average molecular weight is 304 g/mol. The molecule has 5 nitrogen and oxygen atoms in total. The van der Waals surface area contributed by atoms with Crippen molar-refractivity contribution in [3.05, 3.63) is 53.5 Å². The Morgan fingerprint density at radius 3 is 2.68 bits per heavy atom. The molecule has 6 heteroatoms. The second-order valence-corrected chi connectivity index (χ2v) is 4.69. The number of rotatable bonds is 5. The fourth-order valence-corrected chi connectivity index (χ4v) is 2.08. The molecule has 0 atom stereocenters. The number of pyridine rings is 1. The van der Waals surface area contributed by atoms with Gasteiger partial charge in [-0.1, -0.05) is 6.07 Å². The van der Waals surface area contributed by atoms with Crippen LogP contribution in [-0.2, 0) is 6.54 Å². The Bertz CT molecular complexity index is 676. The first-order chi connectivity index (χ1) is 10.6. The molecule has 0 bridgehead atoms. The van der Waals surface area contributed by atoms with E-state index in [0.29, 0.717) is 11.1 Å². The number of benzene rings is 1. The van der Waals surface area contributed by atoms with E-state index < -0.39 is 5.82 Å². The highest BCUT2D eigenvalue weighted by atomic mass is 19.1. The molecule has 2 aromatic rings. The van der Waals surface area contributed by atoms with Crippen molar-refractivity contribution in [3.63, 3.8) is 0 Å². The van der Waals surface area contributed by atoms with Gasteiger partial charge in [0.2, 0.25) is 5.88 Å². The van der Waals surface area contributed by atoms with Crippen LogP contribution >= 0.6 is 0 Å². The summed E-state index contributed by atoms with van der Waals surface area (Å²) in [6.07, 6.45) is 1.55. The normalized spacial score (nSPS) is 10.2.